The van der Waals surface area contributed by atoms with Gasteiger partial charge in [-0.1, -0.05) is 23.7 Å². The number of amides is 2. The minimum atomic E-state index is -0.327. The van der Waals surface area contributed by atoms with Crippen LogP contribution in [0.25, 0.3) is 0 Å². The van der Waals surface area contributed by atoms with Gasteiger partial charge in [0.1, 0.15) is 0 Å². The van der Waals surface area contributed by atoms with Crippen molar-refractivity contribution < 1.29 is 19.8 Å². The number of nitrogens with zero attached hydrogens (tertiary/aromatic N) is 2. The van der Waals surface area contributed by atoms with Gasteiger partial charge in [0.05, 0.1) is 42.4 Å². The molecule has 1 aliphatic heterocycles. The summed E-state index contributed by atoms with van der Waals surface area (Å²) in [5.74, 6) is -0.614. The normalized spacial score (nSPS) is 13.0. The predicted octanol–water partition coefficient (Wildman–Crippen LogP) is 1.86. The van der Waals surface area contributed by atoms with Crippen LogP contribution in [0.2, 0.25) is 5.02 Å². The Bertz CT molecular complexity index is 853. The van der Waals surface area contributed by atoms with Crippen LogP contribution in [-0.2, 0) is 4.79 Å². The van der Waals surface area contributed by atoms with Crippen LogP contribution < -0.4 is 10.2 Å². The lowest BCUT2D eigenvalue weighted by molar-refractivity contribution is -0.119. The second-order valence-corrected chi connectivity index (χ2v) is 6.52. The molecule has 0 spiro atoms. The number of aliphatic hydroxyl groups is 2. The quantitative estimate of drug-likeness (QED) is 0.701. The number of anilines is 3. The fourth-order valence-corrected chi connectivity index (χ4v) is 3.24. The Morgan fingerprint density at radius 2 is 1.78 bits per heavy atom. The van der Waals surface area contributed by atoms with E-state index in [-0.39, 0.29) is 44.7 Å². The van der Waals surface area contributed by atoms with E-state index < -0.39 is 0 Å². The lowest BCUT2D eigenvalue weighted by Crippen LogP contribution is -2.40. The van der Waals surface area contributed by atoms with Crippen molar-refractivity contribution in [1.29, 1.82) is 0 Å². The molecule has 0 unspecified atom stereocenters. The summed E-state index contributed by atoms with van der Waals surface area (Å²) in [5.41, 5.74) is 1.78. The number of aliphatic hydroxyl groups excluding tert-OH is 2. The number of hydrogen-bond acceptors (Lipinski definition) is 5. The van der Waals surface area contributed by atoms with Gasteiger partial charge in [0.2, 0.25) is 5.91 Å². The SMILES string of the molecule is O=C1Nc2cc(Cl)ccc2N(C(=O)CN(CCO)CCO)c2ccccc21. The third-order valence-corrected chi connectivity index (χ3v) is 4.51. The van der Waals surface area contributed by atoms with Gasteiger partial charge in [-0.2, -0.15) is 0 Å². The minimum absolute atomic E-state index is 0.0221. The standard InChI is InChI=1S/C19H20ClN3O4/c20-13-5-6-17-15(11-13)21-19(27)14-3-1-2-4-16(14)23(17)18(26)12-22(7-9-24)8-10-25/h1-6,11,24-25H,7-10,12H2,(H,21,27). The van der Waals surface area contributed by atoms with Gasteiger partial charge in [0, 0.05) is 18.1 Å². The number of halogens is 1. The number of carbonyl (C=O) groups is 2. The largest absolute Gasteiger partial charge is 0.395 e. The summed E-state index contributed by atoms with van der Waals surface area (Å²) in [5, 5.41) is 21.6. The van der Waals surface area contributed by atoms with Gasteiger partial charge in [-0.3, -0.25) is 19.4 Å². The number of nitrogens with one attached hydrogen (secondary N) is 1. The maximum Gasteiger partial charge on any atom is 0.257 e. The summed E-state index contributed by atoms with van der Waals surface area (Å²) in [6, 6.07) is 11.8. The van der Waals surface area contributed by atoms with Gasteiger partial charge in [0.15, 0.2) is 0 Å². The minimum Gasteiger partial charge on any atom is -0.395 e. The van der Waals surface area contributed by atoms with Crippen molar-refractivity contribution in [2.75, 3.05) is 43.1 Å². The van der Waals surface area contributed by atoms with Crippen LogP contribution >= 0.6 is 11.6 Å². The third-order valence-electron chi connectivity index (χ3n) is 4.28. The van der Waals surface area contributed by atoms with Crippen molar-refractivity contribution in [3.05, 3.63) is 53.1 Å². The summed E-state index contributed by atoms with van der Waals surface area (Å²) in [4.78, 5) is 28.9. The summed E-state index contributed by atoms with van der Waals surface area (Å²) >= 11 is 6.06. The molecule has 27 heavy (non-hydrogen) atoms. The first kappa shape index (κ1) is 19.3. The van der Waals surface area contributed by atoms with E-state index in [2.05, 4.69) is 5.32 Å². The van der Waals surface area contributed by atoms with Gasteiger partial charge in [0.25, 0.3) is 5.91 Å². The molecule has 0 fully saturated rings. The Morgan fingerprint density at radius 1 is 1.07 bits per heavy atom. The van der Waals surface area contributed by atoms with Gasteiger partial charge >= 0.3 is 0 Å². The second-order valence-electron chi connectivity index (χ2n) is 6.09. The lowest BCUT2D eigenvalue weighted by atomic mass is 10.1. The van der Waals surface area contributed by atoms with Crippen LogP contribution in [0.1, 0.15) is 10.4 Å². The fraction of sp³-hybridized carbons (Fsp3) is 0.263. The first-order valence-corrected chi connectivity index (χ1v) is 8.90. The molecule has 1 aliphatic rings. The molecule has 0 aromatic heterocycles. The van der Waals surface area contributed by atoms with Crippen LogP contribution in [0.3, 0.4) is 0 Å². The molecule has 0 saturated carbocycles. The van der Waals surface area contributed by atoms with E-state index in [0.29, 0.717) is 27.6 Å². The molecule has 0 saturated heterocycles. The van der Waals surface area contributed by atoms with Crippen LogP contribution in [0.15, 0.2) is 42.5 Å². The molecule has 0 aliphatic carbocycles. The summed E-state index contributed by atoms with van der Waals surface area (Å²) in [7, 11) is 0. The molecule has 2 aromatic rings. The average molecular weight is 390 g/mol. The average Bonchev–Trinajstić information content (AvgIpc) is 2.76. The molecular formula is C19H20ClN3O4. The first-order valence-electron chi connectivity index (χ1n) is 8.52. The highest BCUT2D eigenvalue weighted by atomic mass is 35.5. The third kappa shape index (κ3) is 4.12. The maximum absolute atomic E-state index is 13.2. The first-order chi connectivity index (χ1) is 13.0. The Balaban J connectivity index is 2.06. The fourth-order valence-electron chi connectivity index (χ4n) is 3.07. The van der Waals surface area contributed by atoms with Crippen molar-refractivity contribution >= 4 is 40.5 Å². The number of fused-ring (bicyclic) bond motifs is 2. The molecule has 0 bridgehead atoms. The molecule has 3 rings (SSSR count). The number of carbonyl (C=O) groups excluding carboxylic acids is 2. The van der Waals surface area contributed by atoms with E-state index in [1.165, 1.54) is 4.90 Å². The topological polar surface area (TPSA) is 93.1 Å². The summed E-state index contributed by atoms with van der Waals surface area (Å²) in [6.45, 7) is 0.233. The van der Waals surface area contributed by atoms with E-state index >= 15 is 0 Å². The van der Waals surface area contributed by atoms with Crippen LogP contribution in [0.4, 0.5) is 17.1 Å². The highest BCUT2D eigenvalue weighted by Crippen LogP contribution is 2.39. The van der Waals surface area contributed by atoms with Crippen molar-refractivity contribution in [2.24, 2.45) is 0 Å². The van der Waals surface area contributed by atoms with Gasteiger partial charge in [-0.05, 0) is 30.3 Å². The van der Waals surface area contributed by atoms with Crippen LogP contribution in [0, 0.1) is 0 Å². The lowest BCUT2D eigenvalue weighted by Gasteiger charge is -2.27. The Kier molecular flexibility index (Phi) is 6.08. The molecule has 2 amide bonds. The molecule has 7 nitrogen and oxygen atoms in total. The number of para-hydroxylation sites is 1. The molecule has 1 heterocycles. The zero-order valence-corrected chi connectivity index (χ0v) is 15.3. The van der Waals surface area contributed by atoms with Crippen molar-refractivity contribution in [3.63, 3.8) is 0 Å². The summed E-state index contributed by atoms with van der Waals surface area (Å²) in [6.07, 6.45) is 0. The van der Waals surface area contributed by atoms with E-state index in [9.17, 15) is 19.8 Å². The number of hydrogen-bond donors (Lipinski definition) is 3. The predicted molar refractivity (Wildman–Crippen MR) is 104 cm³/mol. The van der Waals surface area contributed by atoms with E-state index in [0.717, 1.165) is 0 Å². The molecule has 0 atom stereocenters. The van der Waals surface area contributed by atoms with Crippen molar-refractivity contribution in [2.45, 2.75) is 0 Å². The van der Waals surface area contributed by atoms with Crippen molar-refractivity contribution in [3.8, 4) is 0 Å². The molecule has 2 aromatic carbocycles. The van der Waals surface area contributed by atoms with Crippen LogP contribution in [-0.4, -0.2) is 59.8 Å². The highest BCUT2D eigenvalue weighted by molar-refractivity contribution is 6.31. The molecule has 3 N–H and O–H groups in total. The zero-order valence-electron chi connectivity index (χ0n) is 14.6. The van der Waals surface area contributed by atoms with E-state index in [1.807, 2.05) is 0 Å². The maximum atomic E-state index is 13.2. The van der Waals surface area contributed by atoms with E-state index in [1.54, 1.807) is 47.4 Å². The smallest absolute Gasteiger partial charge is 0.257 e. The number of rotatable bonds is 6. The summed E-state index contributed by atoms with van der Waals surface area (Å²) < 4.78 is 0. The Labute approximate surface area is 161 Å². The molecular weight excluding hydrogens is 370 g/mol. The Hall–Kier alpha value is -2.45. The number of benzene rings is 2. The van der Waals surface area contributed by atoms with Crippen molar-refractivity contribution in [1.82, 2.24) is 4.90 Å². The van der Waals surface area contributed by atoms with Gasteiger partial charge in [-0.15, -0.1) is 0 Å². The highest BCUT2D eigenvalue weighted by Gasteiger charge is 2.30. The zero-order chi connectivity index (χ0) is 19.4. The van der Waals surface area contributed by atoms with Gasteiger partial charge in [-0.25, -0.2) is 0 Å². The van der Waals surface area contributed by atoms with Crippen LogP contribution in [0.5, 0.6) is 0 Å². The van der Waals surface area contributed by atoms with E-state index in [4.69, 9.17) is 11.6 Å². The molecule has 8 heteroatoms. The molecule has 142 valence electrons. The monoisotopic (exact) mass is 389 g/mol. The Morgan fingerprint density at radius 3 is 2.48 bits per heavy atom. The molecule has 0 radical (unpaired) electrons. The van der Waals surface area contributed by atoms with Gasteiger partial charge < -0.3 is 15.5 Å². The second kappa shape index (κ2) is 8.49.